The van der Waals surface area contributed by atoms with Gasteiger partial charge in [-0.05, 0) is 68.5 Å². The fraction of sp³-hybridized carbons (Fsp3) is 0.355. The third-order valence-corrected chi connectivity index (χ3v) is 8.56. The molecule has 0 aliphatic heterocycles. The summed E-state index contributed by atoms with van der Waals surface area (Å²) >= 11 is 0. The van der Waals surface area contributed by atoms with Crippen LogP contribution in [0.1, 0.15) is 44.7 Å². The summed E-state index contributed by atoms with van der Waals surface area (Å²) in [5, 5.41) is 3.00. The van der Waals surface area contributed by atoms with Gasteiger partial charge >= 0.3 is 0 Å². The van der Waals surface area contributed by atoms with Crippen LogP contribution in [-0.2, 0) is 26.0 Å². The van der Waals surface area contributed by atoms with Crippen LogP contribution >= 0.6 is 0 Å². The topological polar surface area (TPSA) is 86.8 Å². The Balaban J connectivity index is 1.99. The first kappa shape index (κ1) is 29.9. The Morgan fingerprint density at radius 1 is 0.872 bits per heavy atom. The van der Waals surface area contributed by atoms with E-state index in [4.69, 9.17) is 0 Å². The molecule has 7 nitrogen and oxygen atoms in total. The number of hydrogen-bond donors (Lipinski definition) is 1. The number of aryl methyl sites for hydroxylation is 1. The molecular formula is C31H39N3O4S. The maximum Gasteiger partial charge on any atom is 0.264 e. The van der Waals surface area contributed by atoms with Gasteiger partial charge < -0.3 is 10.2 Å². The van der Waals surface area contributed by atoms with Gasteiger partial charge in [0.15, 0.2) is 0 Å². The quantitative estimate of drug-likeness (QED) is 0.327. The van der Waals surface area contributed by atoms with Crippen molar-refractivity contribution < 1.29 is 18.0 Å². The zero-order chi connectivity index (χ0) is 28.4. The Morgan fingerprint density at radius 2 is 1.51 bits per heavy atom. The van der Waals surface area contributed by atoms with E-state index in [1.54, 1.807) is 36.4 Å². The van der Waals surface area contributed by atoms with Gasteiger partial charge in [0.05, 0.1) is 10.6 Å². The largest absolute Gasteiger partial charge is 0.352 e. The number of nitrogens with zero attached hydrogens (tertiary/aromatic N) is 2. The standard InChI is InChI=1S/C31H39N3O4S/c1-5-25(4)32-31(36)29(6-2)33(21-20-26-15-9-7-10-16-26)30(35)23-34(27-17-13-14-24(3)22-27)39(37,38)28-18-11-8-12-19-28/h7-19,22,25,29H,5-6,20-21,23H2,1-4H3,(H,32,36). The number of hydrogen-bond acceptors (Lipinski definition) is 4. The molecule has 0 fully saturated rings. The van der Waals surface area contributed by atoms with Crippen molar-refractivity contribution in [1.82, 2.24) is 10.2 Å². The molecule has 0 radical (unpaired) electrons. The Labute approximate surface area is 232 Å². The van der Waals surface area contributed by atoms with Gasteiger partial charge in [0.2, 0.25) is 11.8 Å². The third-order valence-electron chi connectivity index (χ3n) is 6.77. The molecule has 0 bridgehead atoms. The molecule has 3 rings (SSSR count). The molecule has 1 N–H and O–H groups in total. The summed E-state index contributed by atoms with van der Waals surface area (Å²) in [5.74, 6) is -0.667. The van der Waals surface area contributed by atoms with E-state index in [2.05, 4.69) is 5.32 Å². The molecule has 0 spiro atoms. The van der Waals surface area contributed by atoms with Crippen LogP contribution in [0.4, 0.5) is 5.69 Å². The lowest BCUT2D eigenvalue weighted by molar-refractivity contribution is -0.139. The van der Waals surface area contributed by atoms with Gasteiger partial charge in [-0.25, -0.2) is 8.42 Å². The molecule has 0 aliphatic rings. The zero-order valence-corrected chi connectivity index (χ0v) is 24.0. The molecule has 0 aromatic heterocycles. The van der Waals surface area contributed by atoms with Gasteiger partial charge in [-0.1, -0.05) is 74.5 Å². The summed E-state index contributed by atoms with van der Waals surface area (Å²) in [6.45, 7) is 7.50. The molecule has 0 saturated carbocycles. The predicted octanol–water partition coefficient (Wildman–Crippen LogP) is 4.95. The minimum atomic E-state index is -4.06. The van der Waals surface area contributed by atoms with Crippen LogP contribution in [0.25, 0.3) is 0 Å². The molecule has 39 heavy (non-hydrogen) atoms. The van der Waals surface area contributed by atoms with Crippen molar-refractivity contribution in [2.75, 3.05) is 17.4 Å². The average molecular weight is 550 g/mol. The number of rotatable bonds is 13. The van der Waals surface area contributed by atoms with E-state index >= 15 is 0 Å². The minimum Gasteiger partial charge on any atom is -0.352 e. The van der Waals surface area contributed by atoms with Crippen LogP contribution in [-0.4, -0.2) is 50.3 Å². The van der Waals surface area contributed by atoms with Crippen LogP contribution in [0.2, 0.25) is 0 Å². The van der Waals surface area contributed by atoms with E-state index in [0.29, 0.717) is 18.5 Å². The number of amides is 2. The van der Waals surface area contributed by atoms with Crippen LogP contribution in [0.15, 0.2) is 89.8 Å². The normalized spacial score (nSPS) is 12.8. The molecule has 0 saturated heterocycles. The Bertz CT molecular complexity index is 1330. The monoisotopic (exact) mass is 549 g/mol. The molecule has 2 amide bonds. The highest BCUT2D eigenvalue weighted by molar-refractivity contribution is 7.92. The highest BCUT2D eigenvalue weighted by Crippen LogP contribution is 2.25. The first-order valence-corrected chi connectivity index (χ1v) is 14.9. The Hall–Kier alpha value is -3.65. The van der Waals surface area contributed by atoms with E-state index in [0.717, 1.165) is 21.9 Å². The molecule has 3 aromatic carbocycles. The summed E-state index contributed by atoms with van der Waals surface area (Å²) < 4.78 is 28.8. The van der Waals surface area contributed by atoms with E-state index < -0.39 is 28.5 Å². The van der Waals surface area contributed by atoms with Gasteiger partial charge in [-0.2, -0.15) is 0 Å². The van der Waals surface area contributed by atoms with Gasteiger partial charge in [-0.3, -0.25) is 13.9 Å². The summed E-state index contributed by atoms with van der Waals surface area (Å²) in [6, 6.07) is 24.1. The summed E-state index contributed by atoms with van der Waals surface area (Å²) in [6.07, 6.45) is 1.70. The zero-order valence-electron chi connectivity index (χ0n) is 23.2. The number of benzene rings is 3. The predicted molar refractivity (Wildman–Crippen MR) is 156 cm³/mol. The molecule has 8 heteroatoms. The van der Waals surface area contributed by atoms with E-state index in [1.165, 1.54) is 17.0 Å². The summed E-state index contributed by atoms with van der Waals surface area (Å²) in [7, 11) is -4.06. The highest BCUT2D eigenvalue weighted by atomic mass is 32.2. The van der Waals surface area contributed by atoms with Gasteiger partial charge in [-0.15, -0.1) is 0 Å². The maximum atomic E-state index is 14.0. The first-order chi connectivity index (χ1) is 18.7. The molecule has 2 unspecified atom stereocenters. The van der Waals surface area contributed by atoms with Crippen molar-refractivity contribution in [1.29, 1.82) is 0 Å². The molecule has 2 atom stereocenters. The van der Waals surface area contributed by atoms with Crippen molar-refractivity contribution in [3.63, 3.8) is 0 Å². The number of carbonyl (C=O) groups is 2. The van der Waals surface area contributed by atoms with Crippen molar-refractivity contribution in [2.24, 2.45) is 0 Å². The van der Waals surface area contributed by atoms with Crippen molar-refractivity contribution in [3.05, 3.63) is 96.1 Å². The molecule has 0 heterocycles. The van der Waals surface area contributed by atoms with Gasteiger partial charge in [0.25, 0.3) is 10.0 Å². The smallest absolute Gasteiger partial charge is 0.264 e. The van der Waals surface area contributed by atoms with Crippen LogP contribution in [0.5, 0.6) is 0 Å². The second-order valence-corrected chi connectivity index (χ2v) is 11.6. The first-order valence-electron chi connectivity index (χ1n) is 13.5. The lowest BCUT2D eigenvalue weighted by Gasteiger charge is -2.33. The lowest BCUT2D eigenvalue weighted by atomic mass is 10.1. The number of sulfonamides is 1. The summed E-state index contributed by atoms with van der Waals surface area (Å²) in [4.78, 5) is 28.9. The highest BCUT2D eigenvalue weighted by Gasteiger charge is 2.33. The fourth-order valence-electron chi connectivity index (χ4n) is 4.37. The van der Waals surface area contributed by atoms with Crippen molar-refractivity contribution in [3.8, 4) is 0 Å². The number of carbonyl (C=O) groups excluding carboxylic acids is 2. The van der Waals surface area contributed by atoms with Crippen molar-refractivity contribution >= 4 is 27.5 Å². The van der Waals surface area contributed by atoms with E-state index in [1.807, 2.05) is 64.1 Å². The third kappa shape index (κ3) is 7.93. The fourth-order valence-corrected chi connectivity index (χ4v) is 5.80. The number of nitrogens with one attached hydrogen (secondary N) is 1. The second-order valence-electron chi connectivity index (χ2n) is 9.73. The van der Waals surface area contributed by atoms with Crippen LogP contribution in [0.3, 0.4) is 0 Å². The van der Waals surface area contributed by atoms with Gasteiger partial charge in [0, 0.05) is 12.6 Å². The molecular weight excluding hydrogens is 510 g/mol. The van der Waals surface area contributed by atoms with Gasteiger partial charge in [0.1, 0.15) is 12.6 Å². The lowest BCUT2D eigenvalue weighted by Crippen LogP contribution is -2.54. The molecule has 0 aliphatic carbocycles. The summed E-state index contributed by atoms with van der Waals surface area (Å²) in [5.41, 5.74) is 2.29. The Morgan fingerprint density at radius 3 is 2.10 bits per heavy atom. The maximum absolute atomic E-state index is 14.0. The Kier molecular flexibility index (Phi) is 10.7. The molecule has 3 aromatic rings. The van der Waals surface area contributed by atoms with Crippen LogP contribution in [0, 0.1) is 6.92 Å². The minimum absolute atomic E-state index is 0.0418. The SMILES string of the molecule is CCC(C)NC(=O)C(CC)N(CCc1ccccc1)C(=O)CN(c1cccc(C)c1)S(=O)(=O)c1ccccc1. The average Bonchev–Trinajstić information content (AvgIpc) is 2.94. The number of anilines is 1. The molecule has 208 valence electrons. The van der Waals surface area contributed by atoms with E-state index in [-0.39, 0.29) is 23.4 Å². The van der Waals surface area contributed by atoms with Crippen molar-refractivity contribution in [2.45, 2.75) is 63.9 Å². The second kappa shape index (κ2) is 13.9. The van der Waals surface area contributed by atoms with E-state index in [9.17, 15) is 18.0 Å². The van der Waals surface area contributed by atoms with Crippen LogP contribution < -0.4 is 9.62 Å².